The van der Waals surface area contributed by atoms with Gasteiger partial charge in [0.25, 0.3) is 0 Å². The van der Waals surface area contributed by atoms with Crippen molar-refractivity contribution in [3.05, 3.63) is 35.4 Å². The molecular weight excluding hydrogens is 521 g/mol. The van der Waals surface area contributed by atoms with Gasteiger partial charge in [-0.3, -0.25) is 9.69 Å². The third-order valence-corrected chi connectivity index (χ3v) is 6.58. The van der Waals surface area contributed by atoms with Crippen LogP contribution in [0.15, 0.2) is 24.3 Å². The zero-order valence-corrected chi connectivity index (χ0v) is 20.5. The Balaban J connectivity index is 1.50. The third-order valence-electron chi connectivity index (χ3n) is 5.61. The first-order chi connectivity index (χ1) is 15.5. The Kier molecular flexibility index (Phi) is 7.63. The number of nitrogens with zero attached hydrogens (tertiary/aromatic N) is 5. The van der Waals surface area contributed by atoms with Crippen LogP contribution < -0.4 is 20.7 Å². The van der Waals surface area contributed by atoms with E-state index in [1.54, 1.807) is 0 Å². The molecular formula is C22H30IN7O2. The number of unbranched alkanes of at least 4 members (excludes halogenated alkanes) is 1. The SMILES string of the molecule is CCCCOc1nc(N)c2c(n1)N(Cc1cccc(CN3CCN(I)CC3)c1)CC(=O)N2. The van der Waals surface area contributed by atoms with Gasteiger partial charge in [-0.15, -0.1) is 0 Å². The predicted molar refractivity (Wildman–Crippen MR) is 134 cm³/mol. The molecule has 0 saturated carbocycles. The molecule has 0 aliphatic carbocycles. The minimum atomic E-state index is -0.125. The molecule has 1 saturated heterocycles. The fourth-order valence-corrected chi connectivity index (χ4v) is 4.34. The number of fused-ring (bicyclic) bond motifs is 1. The number of amides is 1. The molecule has 3 N–H and O–H groups in total. The number of anilines is 3. The quantitative estimate of drug-likeness (QED) is 0.294. The molecule has 1 amide bonds. The number of carbonyl (C=O) groups excluding carboxylic acids is 1. The molecule has 0 atom stereocenters. The number of benzene rings is 1. The molecule has 2 aliphatic rings. The van der Waals surface area contributed by atoms with Crippen molar-refractivity contribution in [3.8, 4) is 6.01 Å². The van der Waals surface area contributed by atoms with Crippen LogP contribution in [-0.2, 0) is 17.9 Å². The lowest BCUT2D eigenvalue weighted by Crippen LogP contribution is -2.41. The van der Waals surface area contributed by atoms with Crippen molar-refractivity contribution in [2.24, 2.45) is 0 Å². The molecule has 1 fully saturated rings. The van der Waals surface area contributed by atoms with Gasteiger partial charge in [-0.25, -0.2) is 3.11 Å². The van der Waals surface area contributed by atoms with Gasteiger partial charge in [-0.1, -0.05) is 37.6 Å². The highest BCUT2D eigenvalue weighted by Crippen LogP contribution is 2.34. The zero-order chi connectivity index (χ0) is 22.5. The summed E-state index contributed by atoms with van der Waals surface area (Å²) in [5, 5.41) is 2.81. The Bertz CT molecular complexity index is 950. The topological polar surface area (TPSA) is 99.8 Å². The third kappa shape index (κ3) is 5.78. The summed E-state index contributed by atoms with van der Waals surface area (Å²) < 4.78 is 8.01. The van der Waals surface area contributed by atoms with E-state index in [0.717, 1.165) is 51.1 Å². The maximum absolute atomic E-state index is 12.3. The molecule has 0 radical (unpaired) electrons. The first-order valence-corrected chi connectivity index (χ1v) is 12.0. The summed E-state index contributed by atoms with van der Waals surface area (Å²) in [6.07, 6.45) is 1.94. The highest BCUT2D eigenvalue weighted by molar-refractivity contribution is 14.1. The van der Waals surface area contributed by atoms with Crippen molar-refractivity contribution in [2.45, 2.75) is 32.9 Å². The van der Waals surface area contributed by atoms with Gasteiger partial charge in [0.15, 0.2) is 11.6 Å². The number of halogens is 1. The van der Waals surface area contributed by atoms with Crippen LogP contribution in [0.1, 0.15) is 30.9 Å². The van der Waals surface area contributed by atoms with Gasteiger partial charge in [0.05, 0.1) is 13.2 Å². The number of nitrogens with two attached hydrogens (primary N) is 1. The molecule has 2 aromatic rings. The van der Waals surface area contributed by atoms with Crippen LogP contribution in [-0.4, -0.2) is 63.2 Å². The molecule has 0 spiro atoms. The average molecular weight is 551 g/mol. The van der Waals surface area contributed by atoms with Crippen molar-refractivity contribution in [3.63, 3.8) is 0 Å². The molecule has 10 heteroatoms. The summed E-state index contributed by atoms with van der Waals surface area (Å²) in [5.41, 5.74) is 8.98. The molecule has 3 heterocycles. The number of piperazine rings is 1. The standard InChI is InChI=1S/C22H30IN7O2/c1-2-3-11-32-22-26-20(24)19-21(27-22)29(15-18(31)25-19)14-17-6-4-5-16(12-17)13-28-7-9-30(23)10-8-28/h4-6,12H,2-3,7-11,13-15H2,1H3,(H,25,31)(H2,24,26,27). The summed E-state index contributed by atoms with van der Waals surface area (Å²) in [6.45, 7) is 8.65. The second-order valence-corrected chi connectivity index (χ2v) is 9.57. The summed E-state index contributed by atoms with van der Waals surface area (Å²) in [5.74, 6) is 0.704. The van der Waals surface area contributed by atoms with E-state index in [0.29, 0.717) is 24.7 Å². The Labute approximate surface area is 202 Å². The summed E-state index contributed by atoms with van der Waals surface area (Å²) in [7, 11) is 0. The molecule has 4 rings (SSSR count). The first kappa shape index (κ1) is 23.0. The van der Waals surface area contributed by atoms with Gasteiger partial charge < -0.3 is 20.7 Å². The first-order valence-electron chi connectivity index (χ1n) is 11.1. The van der Waals surface area contributed by atoms with Gasteiger partial charge >= 0.3 is 6.01 Å². The number of aromatic nitrogens is 2. The highest BCUT2D eigenvalue weighted by Gasteiger charge is 2.27. The maximum Gasteiger partial charge on any atom is 0.320 e. The maximum atomic E-state index is 12.3. The molecule has 2 aliphatic heterocycles. The Morgan fingerprint density at radius 1 is 1.16 bits per heavy atom. The van der Waals surface area contributed by atoms with E-state index in [2.05, 4.69) is 77.4 Å². The van der Waals surface area contributed by atoms with E-state index in [1.165, 1.54) is 5.56 Å². The van der Waals surface area contributed by atoms with Gasteiger partial charge in [-0.05, 0) is 17.5 Å². The van der Waals surface area contributed by atoms with E-state index >= 15 is 0 Å². The molecule has 0 unspecified atom stereocenters. The van der Waals surface area contributed by atoms with Crippen molar-refractivity contribution in [2.75, 3.05) is 55.3 Å². The van der Waals surface area contributed by atoms with Crippen LogP contribution in [0.5, 0.6) is 6.01 Å². The Morgan fingerprint density at radius 2 is 1.91 bits per heavy atom. The van der Waals surface area contributed by atoms with E-state index in [1.807, 2.05) is 4.90 Å². The molecule has 32 heavy (non-hydrogen) atoms. The number of nitrogen functional groups attached to an aromatic ring is 1. The van der Waals surface area contributed by atoms with E-state index in [9.17, 15) is 4.79 Å². The number of carbonyl (C=O) groups is 1. The number of hydrogen-bond donors (Lipinski definition) is 2. The van der Waals surface area contributed by atoms with Crippen molar-refractivity contribution in [1.82, 2.24) is 18.0 Å². The van der Waals surface area contributed by atoms with Crippen LogP contribution in [0.2, 0.25) is 0 Å². The Morgan fingerprint density at radius 3 is 2.66 bits per heavy atom. The second-order valence-electron chi connectivity index (χ2n) is 8.20. The van der Waals surface area contributed by atoms with Crippen molar-refractivity contribution >= 4 is 46.1 Å². The molecule has 1 aromatic heterocycles. The smallest absolute Gasteiger partial charge is 0.320 e. The van der Waals surface area contributed by atoms with Crippen LogP contribution in [0, 0.1) is 0 Å². The normalized spacial score (nSPS) is 17.2. The molecule has 9 nitrogen and oxygen atoms in total. The van der Waals surface area contributed by atoms with E-state index < -0.39 is 0 Å². The monoisotopic (exact) mass is 551 g/mol. The van der Waals surface area contributed by atoms with Gasteiger partial charge in [-0.2, -0.15) is 9.97 Å². The lowest BCUT2D eigenvalue weighted by Gasteiger charge is -2.31. The van der Waals surface area contributed by atoms with Gasteiger partial charge in [0, 0.05) is 62.1 Å². The van der Waals surface area contributed by atoms with E-state index in [4.69, 9.17) is 10.5 Å². The number of hydrogen-bond acceptors (Lipinski definition) is 8. The summed E-state index contributed by atoms with van der Waals surface area (Å²) in [6, 6.07) is 8.79. The van der Waals surface area contributed by atoms with Crippen LogP contribution in [0.3, 0.4) is 0 Å². The largest absolute Gasteiger partial charge is 0.463 e. The second kappa shape index (κ2) is 10.6. The number of ether oxygens (including phenoxy) is 1. The predicted octanol–water partition coefficient (Wildman–Crippen LogP) is 2.66. The van der Waals surface area contributed by atoms with Gasteiger partial charge in [0.2, 0.25) is 5.91 Å². The van der Waals surface area contributed by atoms with Crippen molar-refractivity contribution in [1.29, 1.82) is 0 Å². The highest BCUT2D eigenvalue weighted by atomic mass is 127. The van der Waals surface area contributed by atoms with Crippen LogP contribution >= 0.6 is 22.9 Å². The lowest BCUT2D eigenvalue weighted by molar-refractivity contribution is -0.115. The number of rotatable bonds is 8. The molecule has 172 valence electrons. The van der Waals surface area contributed by atoms with Crippen LogP contribution in [0.25, 0.3) is 0 Å². The lowest BCUT2D eigenvalue weighted by atomic mass is 10.1. The fourth-order valence-electron chi connectivity index (χ4n) is 3.91. The van der Waals surface area contributed by atoms with Crippen molar-refractivity contribution < 1.29 is 9.53 Å². The molecule has 0 bridgehead atoms. The number of nitrogens with one attached hydrogen (secondary N) is 1. The summed E-state index contributed by atoms with van der Waals surface area (Å²) >= 11 is 2.39. The minimum Gasteiger partial charge on any atom is -0.463 e. The molecule has 1 aromatic carbocycles. The van der Waals surface area contributed by atoms with Crippen LogP contribution in [0.4, 0.5) is 17.3 Å². The fraction of sp³-hybridized carbons (Fsp3) is 0.500. The van der Waals surface area contributed by atoms with Gasteiger partial charge in [0.1, 0.15) is 5.69 Å². The summed E-state index contributed by atoms with van der Waals surface area (Å²) in [4.78, 5) is 25.5. The minimum absolute atomic E-state index is 0.125. The average Bonchev–Trinajstić information content (AvgIpc) is 2.77. The Hall–Kier alpha value is -2.18. The zero-order valence-electron chi connectivity index (χ0n) is 18.4. The van der Waals surface area contributed by atoms with E-state index in [-0.39, 0.29) is 24.3 Å².